The Morgan fingerprint density at radius 2 is 1.95 bits per heavy atom. The summed E-state index contributed by atoms with van der Waals surface area (Å²) >= 11 is 3.31. The highest BCUT2D eigenvalue weighted by molar-refractivity contribution is 9.10. The minimum atomic E-state index is -0.102. The lowest BCUT2D eigenvalue weighted by Gasteiger charge is -2.07. The van der Waals surface area contributed by atoms with Gasteiger partial charge in [-0.05, 0) is 47.0 Å². The van der Waals surface area contributed by atoms with Crippen LogP contribution in [-0.2, 0) is 6.42 Å². The molecule has 1 aromatic carbocycles. The molecule has 0 radical (unpaired) electrons. The quantitative estimate of drug-likeness (QED) is 0.880. The number of amides is 1. The van der Waals surface area contributed by atoms with E-state index in [2.05, 4.69) is 38.4 Å². The summed E-state index contributed by atoms with van der Waals surface area (Å²) in [6, 6.07) is 13.7. The molecular formula is C15H15BrN2O. The normalized spacial score (nSPS) is 10.2. The minimum Gasteiger partial charge on any atom is -0.352 e. The van der Waals surface area contributed by atoms with Crippen LogP contribution in [0.15, 0.2) is 47.1 Å². The van der Waals surface area contributed by atoms with Crippen LogP contribution in [0.2, 0.25) is 0 Å². The fourth-order valence-corrected chi connectivity index (χ4v) is 2.35. The number of carbonyl (C=O) groups is 1. The maximum Gasteiger partial charge on any atom is 0.254 e. The minimum absolute atomic E-state index is 0.102. The van der Waals surface area contributed by atoms with Crippen molar-refractivity contribution in [3.8, 4) is 0 Å². The first kappa shape index (κ1) is 13.7. The Bertz CT molecular complexity index is 570. The third-order valence-electron chi connectivity index (χ3n) is 2.77. The predicted molar refractivity (Wildman–Crippen MR) is 79.2 cm³/mol. The van der Waals surface area contributed by atoms with Gasteiger partial charge in [0, 0.05) is 12.2 Å². The Morgan fingerprint density at radius 1 is 1.21 bits per heavy atom. The van der Waals surface area contributed by atoms with Crippen molar-refractivity contribution in [1.29, 1.82) is 0 Å². The Morgan fingerprint density at radius 3 is 2.63 bits per heavy atom. The largest absolute Gasteiger partial charge is 0.352 e. The number of nitrogens with zero attached hydrogens (tertiary/aromatic N) is 1. The molecule has 19 heavy (non-hydrogen) atoms. The Kier molecular flexibility index (Phi) is 4.68. The lowest BCUT2D eigenvalue weighted by atomic mass is 10.1. The summed E-state index contributed by atoms with van der Waals surface area (Å²) < 4.78 is 0.588. The highest BCUT2D eigenvalue weighted by atomic mass is 79.9. The molecule has 0 spiro atoms. The SMILES string of the molecule is Cc1ccc(C(=O)NCCc2ccccc2)c(Br)n1. The first-order valence-corrected chi connectivity index (χ1v) is 6.91. The Labute approximate surface area is 121 Å². The smallest absolute Gasteiger partial charge is 0.254 e. The summed E-state index contributed by atoms with van der Waals surface area (Å²) in [5.74, 6) is -0.102. The molecule has 1 amide bonds. The van der Waals surface area contributed by atoms with Gasteiger partial charge in [-0.2, -0.15) is 0 Å². The molecule has 1 aromatic heterocycles. The second-order valence-corrected chi connectivity index (χ2v) is 5.03. The molecule has 98 valence electrons. The predicted octanol–water partition coefficient (Wildman–Crippen LogP) is 3.13. The number of halogens is 1. The zero-order valence-corrected chi connectivity index (χ0v) is 12.3. The highest BCUT2D eigenvalue weighted by Gasteiger charge is 2.10. The maximum atomic E-state index is 12.0. The van der Waals surface area contributed by atoms with Crippen molar-refractivity contribution in [2.75, 3.05) is 6.54 Å². The first-order valence-electron chi connectivity index (χ1n) is 6.12. The zero-order chi connectivity index (χ0) is 13.7. The van der Waals surface area contributed by atoms with E-state index in [4.69, 9.17) is 0 Å². The average Bonchev–Trinajstić information content (AvgIpc) is 2.39. The Balaban J connectivity index is 1.91. The van der Waals surface area contributed by atoms with Crippen molar-refractivity contribution in [3.05, 3.63) is 63.9 Å². The van der Waals surface area contributed by atoms with Gasteiger partial charge >= 0.3 is 0 Å². The number of pyridine rings is 1. The van der Waals surface area contributed by atoms with Crippen molar-refractivity contribution in [3.63, 3.8) is 0 Å². The number of aromatic nitrogens is 1. The fourth-order valence-electron chi connectivity index (χ4n) is 1.75. The molecule has 4 heteroatoms. The molecule has 1 heterocycles. The zero-order valence-electron chi connectivity index (χ0n) is 10.7. The number of nitrogens with one attached hydrogen (secondary N) is 1. The lowest BCUT2D eigenvalue weighted by molar-refractivity contribution is 0.0953. The third-order valence-corrected chi connectivity index (χ3v) is 3.38. The molecule has 0 saturated carbocycles. The van der Waals surface area contributed by atoms with E-state index in [1.54, 1.807) is 6.07 Å². The summed E-state index contributed by atoms with van der Waals surface area (Å²) in [6.07, 6.45) is 0.823. The monoisotopic (exact) mass is 318 g/mol. The summed E-state index contributed by atoms with van der Waals surface area (Å²) in [5.41, 5.74) is 2.66. The number of rotatable bonds is 4. The number of hydrogen-bond donors (Lipinski definition) is 1. The van der Waals surface area contributed by atoms with Gasteiger partial charge in [0.1, 0.15) is 4.60 Å². The molecule has 3 nitrogen and oxygen atoms in total. The van der Waals surface area contributed by atoms with E-state index < -0.39 is 0 Å². The van der Waals surface area contributed by atoms with Crippen LogP contribution >= 0.6 is 15.9 Å². The molecule has 0 saturated heterocycles. The van der Waals surface area contributed by atoms with E-state index in [0.717, 1.165) is 12.1 Å². The molecular weight excluding hydrogens is 304 g/mol. The van der Waals surface area contributed by atoms with Gasteiger partial charge in [0.05, 0.1) is 5.56 Å². The molecule has 0 aliphatic heterocycles. The van der Waals surface area contributed by atoms with Gasteiger partial charge in [0.15, 0.2) is 0 Å². The van der Waals surface area contributed by atoms with Gasteiger partial charge in [0.25, 0.3) is 5.91 Å². The molecule has 2 aromatic rings. The van der Waals surface area contributed by atoms with Crippen LogP contribution in [0.4, 0.5) is 0 Å². The van der Waals surface area contributed by atoms with E-state index in [-0.39, 0.29) is 5.91 Å². The van der Waals surface area contributed by atoms with E-state index in [1.807, 2.05) is 31.2 Å². The van der Waals surface area contributed by atoms with Crippen molar-refractivity contribution in [2.45, 2.75) is 13.3 Å². The van der Waals surface area contributed by atoms with Crippen LogP contribution in [0.25, 0.3) is 0 Å². The number of carbonyl (C=O) groups excluding carboxylic acids is 1. The van der Waals surface area contributed by atoms with Crippen molar-refractivity contribution >= 4 is 21.8 Å². The summed E-state index contributed by atoms with van der Waals surface area (Å²) in [5, 5.41) is 2.90. The second kappa shape index (κ2) is 6.48. The number of hydrogen-bond acceptors (Lipinski definition) is 2. The van der Waals surface area contributed by atoms with E-state index in [1.165, 1.54) is 5.56 Å². The second-order valence-electron chi connectivity index (χ2n) is 4.28. The molecule has 0 aliphatic carbocycles. The van der Waals surface area contributed by atoms with Crippen molar-refractivity contribution < 1.29 is 4.79 Å². The van der Waals surface area contributed by atoms with Crippen LogP contribution in [0, 0.1) is 6.92 Å². The van der Waals surface area contributed by atoms with Gasteiger partial charge in [-0.25, -0.2) is 4.98 Å². The average molecular weight is 319 g/mol. The van der Waals surface area contributed by atoms with Gasteiger partial charge < -0.3 is 5.32 Å². The topological polar surface area (TPSA) is 42.0 Å². The molecule has 2 rings (SSSR count). The van der Waals surface area contributed by atoms with E-state index in [9.17, 15) is 4.79 Å². The Hall–Kier alpha value is -1.68. The summed E-state index contributed by atoms with van der Waals surface area (Å²) in [7, 11) is 0. The molecule has 0 bridgehead atoms. The molecule has 0 atom stereocenters. The number of aryl methyl sites for hydroxylation is 1. The molecule has 0 unspecified atom stereocenters. The third kappa shape index (κ3) is 3.89. The van der Waals surface area contributed by atoms with Crippen LogP contribution in [0.1, 0.15) is 21.6 Å². The first-order chi connectivity index (χ1) is 9.16. The van der Waals surface area contributed by atoms with Crippen molar-refractivity contribution in [1.82, 2.24) is 10.3 Å². The highest BCUT2D eigenvalue weighted by Crippen LogP contribution is 2.14. The lowest BCUT2D eigenvalue weighted by Crippen LogP contribution is -2.26. The maximum absolute atomic E-state index is 12.0. The van der Waals surface area contributed by atoms with Gasteiger partial charge in [-0.15, -0.1) is 0 Å². The standard InChI is InChI=1S/C15H15BrN2O/c1-11-7-8-13(14(16)18-11)15(19)17-10-9-12-5-3-2-4-6-12/h2-8H,9-10H2,1H3,(H,17,19). The van der Waals surface area contributed by atoms with Crippen LogP contribution in [0.5, 0.6) is 0 Å². The number of benzene rings is 1. The van der Waals surface area contributed by atoms with Gasteiger partial charge in [0.2, 0.25) is 0 Å². The molecule has 1 N–H and O–H groups in total. The van der Waals surface area contributed by atoms with Crippen LogP contribution in [-0.4, -0.2) is 17.4 Å². The summed E-state index contributed by atoms with van der Waals surface area (Å²) in [4.78, 5) is 16.2. The van der Waals surface area contributed by atoms with Crippen LogP contribution < -0.4 is 5.32 Å². The fraction of sp³-hybridized carbons (Fsp3) is 0.200. The van der Waals surface area contributed by atoms with Gasteiger partial charge in [-0.3, -0.25) is 4.79 Å². The van der Waals surface area contributed by atoms with Crippen LogP contribution in [0.3, 0.4) is 0 Å². The van der Waals surface area contributed by atoms with Crippen molar-refractivity contribution in [2.24, 2.45) is 0 Å². The molecule has 0 fully saturated rings. The van der Waals surface area contributed by atoms with Gasteiger partial charge in [-0.1, -0.05) is 30.3 Å². The summed E-state index contributed by atoms with van der Waals surface area (Å²) in [6.45, 7) is 2.50. The van der Waals surface area contributed by atoms with E-state index in [0.29, 0.717) is 16.7 Å². The van der Waals surface area contributed by atoms with E-state index >= 15 is 0 Å². The molecule has 0 aliphatic rings.